The van der Waals surface area contributed by atoms with Crippen LogP contribution in [0.5, 0.6) is 0 Å². The van der Waals surface area contributed by atoms with E-state index in [4.69, 9.17) is 0 Å². The minimum absolute atomic E-state index is 0.176. The van der Waals surface area contributed by atoms with Gasteiger partial charge in [0.05, 0.1) is 6.07 Å². The van der Waals surface area contributed by atoms with E-state index in [0.717, 1.165) is 36.9 Å². The summed E-state index contributed by atoms with van der Waals surface area (Å²) in [6, 6.07) is 11.0. The van der Waals surface area contributed by atoms with Crippen LogP contribution in [-0.2, 0) is 6.54 Å². The average molecular weight is 349 g/mol. The number of piperidine rings is 1. The zero-order valence-corrected chi connectivity index (χ0v) is 14.9. The second-order valence-corrected chi connectivity index (χ2v) is 8.19. The van der Waals surface area contributed by atoms with Crippen molar-refractivity contribution in [2.24, 2.45) is 10.8 Å². The van der Waals surface area contributed by atoms with Gasteiger partial charge in [-0.15, -0.1) is 0 Å². The molecule has 0 aromatic heterocycles. The predicted octanol–water partition coefficient (Wildman–Crippen LogP) is 4.99. The van der Waals surface area contributed by atoms with E-state index < -0.39 is 0 Å². The molecule has 0 bridgehead atoms. The standard InChI is InChI=1S/C18H25BrN2/c1-17(2,3)18(7-10-20)8-11-21(12-9-18)14-15-5-4-6-16(19)13-15/h4-6,13H,7-9,11-12,14H2,1-3H3. The molecular formula is C18H25BrN2. The molecule has 2 rings (SSSR count). The largest absolute Gasteiger partial charge is 0.299 e. The Balaban J connectivity index is 2.01. The molecule has 1 aromatic carbocycles. The van der Waals surface area contributed by atoms with Crippen LogP contribution in [0.15, 0.2) is 28.7 Å². The summed E-state index contributed by atoms with van der Waals surface area (Å²) in [5.41, 5.74) is 1.73. The highest BCUT2D eigenvalue weighted by atomic mass is 79.9. The van der Waals surface area contributed by atoms with Crippen molar-refractivity contribution in [3.05, 3.63) is 34.3 Å². The predicted molar refractivity (Wildman–Crippen MR) is 90.8 cm³/mol. The van der Waals surface area contributed by atoms with Crippen molar-refractivity contribution < 1.29 is 0 Å². The van der Waals surface area contributed by atoms with Gasteiger partial charge >= 0.3 is 0 Å². The molecule has 1 saturated heterocycles. The summed E-state index contributed by atoms with van der Waals surface area (Å²) < 4.78 is 1.14. The minimum atomic E-state index is 0.176. The number of halogens is 1. The van der Waals surface area contributed by atoms with Crippen LogP contribution < -0.4 is 0 Å². The lowest BCUT2D eigenvalue weighted by atomic mass is 9.60. The Morgan fingerprint density at radius 1 is 1.29 bits per heavy atom. The van der Waals surface area contributed by atoms with Crippen molar-refractivity contribution in [3.63, 3.8) is 0 Å². The fourth-order valence-corrected chi connectivity index (χ4v) is 3.82. The van der Waals surface area contributed by atoms with Gasteiger partial charge in [0.15, 0.2) is 0 Å². The van der Waals surface area contributed by atoms with Crippen LogP contribution in [0.2, 0.25) is 0 Å². The summed E-state index contributed by atoms with van der Waals surface area (Å²) in [6.07, 6.45) is 2.93. The number of benzene rings is 1. The quantitative estimate of drug-likeness (QED) is 0.769. The van der Waals surface area contributed by atoms with Gasteiger partial charge < -0.3 is 0 Å². The van der Waals surface area contributed by atoms with Gasteiger partial charge in [0.1, 0.15) is 0 Å². The Hall–Kier alpha value is -0.850. The normalized spacial score (nSPS) is 19.2. The van der Waals surface area contributed by atoms with Crippen molar-refractivity contribution in [2.45, 2.75) is 46.6 Å². The molecule has 0 spiro atoms. The molecule has 1 fully saturated rings. The number of hydrogen-bond donors (Lipinski definition) is 0. The van der Waals surface area contributed by atoms with Crippen LogP contribution in [0.25, 0.3) is 0 Å². The summed E-state index contributed by atoms with van der Waals surface area (Å²) in [5.74, 6) is 0. The molecule has 114 valence electrons. The number of rotatable bonds is 3. The van der Waals surface area contributed by atoms with E-state index in [-0.39, 0.29) is 10.8 Å². The number of nitriles is 1. The maximum Gasteiger partial charge on any atom is 0.0627 e. The molecule has 0 unspecified atom stereocenters. The van der Waals surface area contributed by atoms with Crippen LogP contribution in [0.1, 0.15) is 45.6 Å². The maximum absolute atomic E-state index is 9.21. The molecular weight excluding hydrogens is 324 g/mol. The first kappa shape index (κ1) is 16.5. The Morgan fingerprint density at radius 3 is 2.48 bits per heavy atom. The lowest BCUT2D eigenvalue weighted by Gasteiger charge is -2.49. The lowest BCUT2D eigenvalue weighted by Crippen LogP contribution is -2.46. The van der Waals surface area contributed by atoms with E-state index in [1.54, 1.807) is 0 Å². The Morgan fingerprint density at radius 2 is 1.95 bits per heavy atom. The minimum Gasteiger partial charge on any atom is -0.299 e. The van der Waals surface area contributed by atoms with Gasteiger partial charge in [0.25, 0.3) is 0 Å². The fourth-order valence-electron chi connectivity index (χ4n) is 3.38. The summed E-state index contributed by atoms with van der Waals surface area (Å²) in [4.78, 5) is 2.52. The Bertz CT molecular complexity index is 517. The van der Waals surface area contributed by atoms with E-state index in [1.807, 2.05) is 0 Å². The highest BCUT2D eigenvalue weighted by Crippen LogP contribution is 2.49. The van der Waals surface area contributed by atoms with Crippen molar-refractivity contribution >= 4 is 15.9 Å². The second-order valence-electron chi connectivity index (χ2n) is 7.27. The smallest absolute Gasteiger partial charge is 0.0627 e. The van der Waals surface area contributed by atoms with Gasteiger partial charge in [0.2, 0.25) is 0 Å². The van der Waals surface area contributed by atoms with E-state index in [0.29, 0.717) is 6.42 Å². The van der Waals surface area contributed by atoms with E-state index in [2.05, 4.69) is 71.9 Å². The first-order chi connectivity index (χ1) is 9.86. The molecule has 1 aliphatic heterocycles. The molecule has 3 heteroatoms. The molecule has 1 aliphatic rings. The summed E-state index contributed by atoms with van der Waals surface area (Å²) in [5, 5.41) is 9.21. The van der Waals surface area contributed by atoms with E-state index in [1.165, 1.54) is 5.56 Å². The molecule has 0 saturated carbocycles. The van der Waals surface area contributed by atoms with Gasteiger partial charge in [-0.3, -0.25) is 4.90 Å². The van der Waals surface area contributed by atoms with Crippen LogP contribution in [0.4, 0.5) is 0 Å². The molecule has 2 nitrogen and oxygen atoms in total. The van der Waals surface area contributed by atoms with E-state index in [9.17, 15) is 5.26 Å². The van der Waals surface area contributed by atoms with Crippen molar-refractivity contribution in [3.8, 4) is 6.07 Å². The molecule has 0 radical (unpaired) electrons. The van der Waals surface area contributed by atoms with Crippen LogP contribution in [0.3, 0.4) is 0 Å². The van der Waals surface area contributed by atoms with Gasteiger partial charge in [-0.05, 0) is 54.5 Å². The summed E-state index contributed by atoms with van der Waals surface area (Å²) in [7, 11) is 0. The zero-order valence-electron chi connectivity index (χ0n) is 13.3. The zero-order chi connectivity index (χ0) is 15.5. The van der Waals surface area contributed by atoms with Crippen LogP contribution in [0, 0.1) is 22.2 Å². The first-order valence-corrected chi connectivity index (χ1v) is 8.49. The maximum atomic E-state index is 9.21. The number of nitrogens with zero attached hydrogens (tertiary/aromatic N) is 2. The first-order valence-electron chi connectivity index (χ1n) is 7.70. The highest BCUT2D eigenvalue weighted by molar-refractivity contribution is 9.10. The number of hydrogen-bond acceptors (Lipinski definition) is 2. The molecule has 0 N–H and O–H groups in total. The number of likely N-dealkylation sites (tertiary alicyclic amines) is 1. The molecule has 0 aliphatic carbocycles. The summed E-state index contributed by atoms with van der Waals surface area (Å²) >= 11 is 3.54. The summed E-state index contributed by atoms with van der Waals surface area (Å²) in [6.45, 7) is 10.0. The van der Waals surface area contributed by atoms with Gasteiger partial charge in [0, 0.05) is 17.4 Å². The third-order valence-electron chi connectivity index (χ3n) is 5.12. The topological polar surface area (TPSA) is 27.0 Å². The molecule has 1 heterocycles. The fraction of sp³-hybridized carbons (Fsp3) is 0.611. The van der Waals surface area contributed by atoms with Crippen LogP contribution >= 0.6 is 15.9 Å². The van der Waals surface area contributed by atoms with Crippen molar-refractivity contribution in [1.29, 1.82) is 5.26 Å². The molecule has 0 atom stereocenters. The monoisotopic (exact) mass is 348 g/mol. The molecule has 1 aromatic rings. The van der Waals surface area contributed by atoms with Gasteiger partial charge in [-0.1, -0.05) is 48.8 Å². The van der Waals surface area contributed by atoms with E-state index >= 15 is 0 Å². The highest BCUT2D eigenvalue weighted by Gasteiger charge is 2.43. The van der Waals surface area contributed by atoms with Crippen molar-refractivity contribution in [1.82, 2.24) is 4.90 Å². The SMILES string of the molecule is CC(C)(C)C1(CC#N)CCN(Cc2cccc(Br)c2)CC1. The van der Waals surface area contributed by atoms with Crippen molar-refractivity contribution in [2.75, 3.05) is 13.1 Å². The van der Waals surface area contributed by atoms with Crippen LogP contribution in [-0.4, -0.2) is 18.0 Å². The third-order valence-corrected chi connectivity index (χ3v) is 5.61. The van der Waals surface area contributed by atoms with Gasteiger partial charge in [-0.25, -0.2) is 0 Å². The lowest BCUT2D eigenvalue weighted by molar-refractivity contribution is 0.00711. The third kappa shape index (κ3) is 3.87. The second kappa shape index (κ2) is 6.50. The van der Waals surface area contributed by atoms with Gasteiger partial charge in [-0.2, -0.15) is 5.26 Å². The molecule has 21 heavy (non-hydrogen) atoms. The Kier molecular flexibility index (Phi) is 5.11. The Labute approximate surface area is 137 Å². The molecule has 0 amide bonds. The average Bonchev–Trinajstić information content (AvgIpc) is 2.40.